The van der Waals surface area contributed by atoms with Crippen molar-refractivity contribution in [1.82, 2.24) is 14.9 Å². The van der Waals surface area contributed by atoms with Crippen LogP contribution in [0.5, 0.6) is 5.75 Å². The van der Waals surface area contributed by atoms with Crippen molar-refractivity contribution in [3.63, 3.8) is 0 Å². The largest absolute Gasteiger partial charge is 0.490 e. The second-order valence-corrected chi connectivity index (χ2v) is 24.9. The highest BCUT2D eigenvalue weighted by Crippen LogP contribution is 2.66. The molecule has 8 N–H and O–H groups in total. The number of hydrogen-bond acceptors (Lipinski definition) is 18. The molecule has 1 amide bonds. The van der Waals surface area contributed by atoms with E-state index in [1.807, 2.05) is 58.9 Å². The molecule has 0 bridgehead atoms. The molecular formula is C46H56N5O19P3S2. The first-order valence-corrected chi connectivity index (χ1v) is 29.6. The zero-order valence-corrected chi connectivity index (χ0v) is 45.6. The van der Waals surface area contributed by atoms with Crippen molar-refractivity contribution in [3.05, 3.63) is 127 Å². The van der Waals surface area contributed by atoms with Gasteiger partial charge in [0.25, 0.3) is 11.5 Å². The third kappa shape index (κ3) is 15.9. The van der Waals surface area contributed by atoms with Crippen molar-refractivity contribution in [2.75, 3.05) is 51.2 Å². The van der Waals surface area contributed by atoms with E-state index >= 15 is 0 Å². The quantitative estimate of drug-likeness (QED) is 0.0132. The Hall–Kier alpha value is -4.90. The lowest BCUT2D eigenvalue weighted by atomic mass is 9.73. The number of nitrogens with zero attached hydrogens (tertiary/aromatic N) is 2. The number of aliphatic imine (C=N–C) groups is 1. The van der Waals surface area contributed by atoms with Crippen LogP contribution in [0.15, 0.2) is 87.2 Å². The number of carbonyl (C=O) groups is 2. The lowest BCUT2D eigenvalue weighted by molar-refractivity contribution is -0.0571. The van der Waals surface area contributed by atoms with E-state index in [4.69, 9.17) is 33.3 Å². The van der Waals surface area contributed by atoms with Crippen molar-refractivity contribution in [1.29, 1.82) is 0 Å². The number of phosphoric ester groups is 1. The molecule has 406 valence electrons. The summed E-state index contributed by atoms with van der Waals surface area (Å²) in [7, 11) is -12.5. The first kappa shape index (κ1) is 59.3. The summed E-state index contributed by atoms with van der Waals surface area (Å²) in [6, 6.07) is 8.69. The van der Waals surface area contributed by atoms with Gasteiger partial charge in [-0.15, -0.1) is 6.58 Å². The fourth-order valence-electron chi connectivity index (χ4n) is 8.15. The number of carbonyl (C=O) groups excluding carboxylic acids is 1. The predicted molar refractivity (Wildman–Crippen MR) is 279 cm³/mol. The first-order valence-electron chi connectivity index (χ1n) is 22.7. The number of amides is 1. The molecular weight excluding hydrogens is 1080 g/mol. The number of nitrogens with one attached hydrogen (secondary N) is 3. The fourth-order valence-corrected chi connectivity index (χ4v) is 13.3. The Kier molecular flexibility index (Phi) is 19.8. The number of anilines is 1. The minimum atomic E-state index is -5.79. The summed E-state index contributed by atoms with van der Waals surface area (Å²) in [6.45, 7) is 13.1. The van der Waals surface area contributed by atoms with Crippen molar-refractivity contribution >= 4 is 68.3 Å². The van der Waals surface area contributed by atoms with Gasteiger partial charge in [-0.3, -0.25) is 28.7 Å². The van der Waals surface area contributed by atoms with Crippen molar-refractivity contribution in [3.8, 4) is 17.6 Å². The SMILES string of the molecule is C=CCOC1C[C@H](n2cc(C#CCOCSSC(C)(C)CNC(=O)c3ccc(C4c5cc(C)c(NCC)cc5OC5=C/C(=N/C)C(C)=CC54)c(C(=O)O)c3)c(=O)[nH]c2=O)O[C@@H]1COP(=O)(O)OP(=O)(O)OP(=O)(O)O. The third-order valence-corrected chi connectivity index (χ3v) is 18.2. The third-order valence-electron chi connectivity index (χ3n) is 11.4. The number of phosphoric acid groups is 3. The Labute approximate surface area is 438 Å². The number of allylic oxidation sites excluding steroid dienone is 3. The topological polar surface area (TPSA) is 342 Å². The monoisotopic (exact) mass is 1140 g/mol. The molecule has 3 aromatic rings. The van der Waals surface area contributed by atoms with E-state index in [9.17, 15) is 47.8 Å². The average molecular weight is 1140 g/mol. The number of rotatable bonds is 23. The Morgan fingerprint density at radius 1 is 1.08 bits per heavy atom. The van der Waals surface area contributed by atoms with Gasteiger partial charge in [0.15, 0.2) is 0 Å². The standard InChI is InChI=1S/C46H56N5O19P3S2/c1-8-14-65-38-21-40(68-39(38)23-66-72(60,61)70-73(62,63)69-71(57,58)59)51-22-29(43(53)50-45(51)56)11-10-15-64-25-74-75-46(5,6)24-49-42(52)28-12-13-30(31(18-28)44(54)55)41-32-16-26(3)34(47-7)19-36(32)67-37-20-35(48-9-2)27(4)17-33(37)41/h8,12-13,16-20,22,32,38-41,48H,1,9,14-15,21,23-25H2,2-7H3,(H,49,52)(H,54,55)(H,60,61)(H,62,63)(H,50,53,56)(H2,57,58,59)/b47-34-/t32?,38?,39-,40-,41?/m1/s1. The van der Waals surface area contributed by atoms with E-state index in [-0.39, 0.29) is 54.7 Å². The van der Waals surface area contributed by atoms with Crippen LogP contribution in [-0.2, 0) is 41.1 Å². The molecule has 3 aliphatic rings. The molecule has 0 saturated carbocycles. The van der Waals surface area contributed by atoms with Crippen LogP contribution < -0.4 is 26.6 Å². The molecule has 3 heterocycles. The number of aromatic nitrogens is 2. The summed E-state index contributed by atoms with van der Waals surface area (Å²) < 4.78 is 71.2. The van der Waals surface area contributed by atoms with E-state index in [1.165, 1.54) is 33.7 Å². The van der Waals surface area contributed by atoms with Gasteiger partial charge in [0.1, 0.15) is 41.9 Å². The molecule has 1 aliphatic carbocycles. The molecule has 6 rings (SSSR count). The first-order chi connectivity index (χ1) is 35.2. The highest BCUT2D eigenvalue weighted by molar-refractivity contribution is 8.77. The number of carboxylic acid groups (broad SMARTS) is 1. The number of fused-ring (bicyclic) bond motifs is 2. The maximum absolute atomic E-state index is 13.6. The molecule has 2 aromatic carbocycles. The second-order valence-electron chi connectivity index (χ2n) is 17.5. The van der Waals surface area contributed by atoms with E-state index < -0.39 is 82.3 Å². The molecule has 0 spiro atoms. The van der Waals surface area contributed by atoms with Crippen LogP contribution in [0.1, 0.15) is 89.2 Å². The number of hydrogen-bond donors (Lipinski definition) is 8. The van der Waals surface area contributed by atoms with Gasteiger partial charge in [-0.2, -0.15) is 8.62 Å². The highest BCUT2D eigenvalue weighted by atomic mass is 33.1. The van der Waals surface area contributed by atoms with Crippen LogP contribution in [0.4, 0.5) is 5.69 Å². The zero-order valence-electron chi connectivity index (χ0n) is 41.2. The lowest BCUT2D eigenvalue weighted by Crippen LogP contribution is -2.36. The summed E-state index contributed by atoms with van der Waals surface area (Å²) in [5.41, 5.74) is 3.20. The second kappa shape index (κ2) is 25.1. The van der Waals surface area contributed by atoms with Gasteiger partial charge in [-0.25, -0.2) is 23.3 Å². The Bertz CT molecular complexity index is 3120. The van der Waals surface area contributed by atoms with E-state index in [0.717, 1.165) is 38.9 Å². The van der Waals surface area contributed by atoms with E-state index in [0.29, 0.717) is 23.6 Å². The maximum Gasteiger partial charge on any atom is 0.490 e. The summed E-state index contributed by atoms with van der Waals surface area (Å²) in [6.07, 6.45) is 2.98. The molecule has 75 heavy (non-hydrogen) atoms. The minimum absolute atomic E-state index is 0.0111. The maximum atomic E-state index is 13.6. The fraction of sp³-hybridized carbons (Fsp3) is 0.413. The van der Waals surface area contributed by atoms with Crippen LogP contribution in [0, 0.1) is 24.7 Å². The van der Waals surface area contributed by atoms with Crippen LogP contribution in [0.2, 0.25) is 0 Å². The Morgan fingerprint density at radius 2 is 1.83 bits per heavy atom. The van der Waals surface area contributed by atoms with Gasteiger partial charge < -0.3 is 54.3 Å². The minimum Gasteiger partial charge on any atom is -0.478 e. The number of aryl methyl sites for hydroxylation is 1. The number of H-pyrrole nitrogens is 1. The molecule has 0 radical (unpaired) electrons. The number of ether oxygens (including phenoxy) is 4. The van der Waals surface area contributed by atoms with Crippen LogP contribution in [0.25, 0.3) is 0 Å². The van der Waals surface area contributed by atoms with Crippen molar-refractivity contribution in [2.45, 2.75) is 70.1 Å². The Morgan fingerprint density at radius 3 is 2.51 bits per heavy atom. The van der Waals surface area contributed by atoms with Crippen LogP contribution in [-0.4, -0.2) is 115 Å². The van der Waals surface area contributed by atoms with Crippen LogP contribution in [0.3, 0.4) is 0 Å². The van der Waals surface area contributed by atoms with Crippen LogP contribution >= 0.6 is 45.1 Å². The molecule has 1 saturated heterocycles. The van der Waals surface area contributed by atoms with E-state index in [1.54, 1.807) is 19.2 Å². The van der Waals surface area contributed by atoms with Gasteiger partial charge in [-0.1, -0.05) is 51.6 Å². The van der Waals surface area contributed by atoms with Gasteiger partial charge in [0, 0.05) is 78.3 Å². The summed E-state index contributed by atoms with van der Waals surface area (Å²) >= 11 is 0. The highest BCUT2D eigenvalue weighted by Gasteiger charge is 2.44. The summed E-state index contributed by atoms with van der Waals surface area (Å²) in [4.78, 5) is 95.6. The number of carboxylic acids is 1. The smallest absolute Gasteiger partial charge is 0.478 e. The molecule has 29 heteroatoms. The van der Waals surface area contributed by atoms with Gasteiger partial charge >= 0.3 is 35.1 Å². The average Bonchev–Trinajstić information content (AvgIpc) is 3.73. The molecule has 1 fully saturated rings. The van der Waals surface area contributed by atoms with Crippen molar-refractivity contribution in [2.24, 2.45) is 10.9 Å². The molecule has 5 unspecified atom stereocenters. The van der Waals surface area contributed by atoms with Gasteiger partial charge in [0.2, 0.25) is 0 Å². The molecule has 24 nitrogen and oxygen atoms in total. The van der Waals surface area contributed by atoms with E-state index in [2.05, 4.69) is 47.7 Å². The summed E-state index contributed by atoms with van der Waals surface area (Å²) in [5, 5.41) is 16.9. The zero-order chi connectivity index (χ0) is 55.0. The predicted octanol–water partition coefficient (Wildman–Crippen LogP) is 6.15. The van der Waals surface area contributed by atoms with Crippen molar-refractivity contribution < 1.29 is 80.1 Å². The number of aromatic carboxylic acids is 1. The molecule has 7 atom stereocenters. The molecule has 2 aliphatic heterocycles. The number of benzene rings is 2. The Balaban J connectivity index is 1.04. The van der Waals surface area contributed by atoms with Gasteiger partial charge in [-0.05, 0) is 69.5 Å². The number of aromatic amines is 1. The lowest BCUT2D eigenvalue weighted by Gasteiger charge is -2.37. The normalized spacial score (nSPS) is 21.5. The molecule has 1 aromatic heterocycles. The summed E-state index contributed by atoms with van der Waals surface area (Å²) in [5.74, 6) is 4.30. The van der Waals surface area contributed by atoms with Gasteiger partial charge in [0.05, 0.1) is 30.6 Å².